The highest BCUT2D eigenvalue weighted by molar-refractivity contribution is 6.20. The summed E-state index contributed by atoms with van der Waals surface area (Å²) in [5.74, 6) is -5.34. The minimum Gasteiger partial charge on any atom is -0.480 e. The van der Waals surface area contributed by atoms with Gasteiger partial charge in [0.2, 0.25) is 0 Å². The summed E-state index contributed by atoms with van der Waals surface area (Å²) in [5.41, 5.74) is -5.07. The predicted octanol–water partition coefficient (Wildman–Crippen LogP) is -1.17. The molecule has 112 valence electrons. The number of Topliss-reactive ketones (excluding diaryl/α,β-unsaturated/α-hetero) is 2. The second-order valence-electron chi connectivity index (χ2n) is 4.71. The molecule has 0 aliphatic heterocycles. The third-order valence-electron chi connectivity index (χ3n) is 3.96. The number of carboxylic acid groups (broad SMARTS) is 2. The summed E-state index contributed by atoms with van der Waals surface area (Å²) in [4.78, 5) is 47.4. The molecule has 0 radical (unpaired) electrons. The van der Waals surface area contributed by atoms with E-state index >= 15 is 0 Å². The van der Waals surface area contributed by atoms with E-state index in [9.17, 15) is 29.4 Å². The van der Waals surface area contributed by atoms with Crippen molar-refractivity contribution in [1.29, 1.82) is 0 Å². The Morgan fingerprint density at radius 3 is 1.35 bits per heavy atom. The van der Waals surface area contributed by atoms with Crippen molar-refractivity contribution in [3.8, 4) is 0 Å². The molecule has 1 rings (SSSR count). The topological polar surface area (TPSA) is 149 Å². The van der Waals surface area contributed by atoms with Gasteiger partial charge in [-0.05, 0) is 12.8 Å². The number of aliphatic carboxylic acids is 2. The van der Waals surface area contributed by atoms with Gasteiger partial charge < -0.3 is 20.4 Å². The van der Waals surface area contributed by atoms with E-state index in [1.807, 2.05) is 0 Å². The van der Waals surface area contributed by atoms with Crippen LogP contribution >= 0.6 is 0 Å². The largest absolute Gasteiger partial charge is 0.480 e. The molecule has 20 heavy (non-hydrogen) atoms. The number of rotatable bonds is 6. The summed E-state index contributed by atoms with van der Waals surface area (Å²) in [6, 6.07) is 0. The molecule has 0 saturated heterocycles. The molecule has 8 heteroatoms. The zero-order chi connectivity index (χ0) is 15.6. The lowest BCUT2D eigenvalue weighted by Crippen LogP contribution is -2.64. The van der Waals surface area contributed by atoms with Gasteiger partial charge in [0.25, 0.3) is 0 Å². The summed E-state index contributed by atoms with van der Waals surface area (Å²) in [6.07, 6.45) is -2.13. The van der Waals surface area contributed by atoms with Gasteiger partial charge in [0.05, 0.1) is 0 Å². The Morgan fingerprint density at radius 2 is 1.15 bits per heavy atom. The van der Waals surface area contributed by atoms with Gasteiger partial charge in [-0.1, -0.05) is 0 Å². The highest BCUT2D eigenvalue weighted by Crippen LogP contribution is 2.51. The molecule has 0 aromatic rings. The minimum absolute atomic E-state index is 0.383. The smallest absolute Gasteiger partial charge is 0.318 e. The molecule has 8 nitrogen and oxygen atoms in total. The average molecular weight is 288 g/mol. The summed E-state index contributed by atoms with van der Waals surface area (Å²) in [7, 11) is 0. The Balaban J connectivity index is 3.65. The van der Waals surface area contributed by atoms with Gasteiger partial charge >= 0.3 is 11.9 Å². The van der Waals surface area contributed by atoms with Gasteiger partial charge in [-0.2, -0.15) is 0 Å². The first-order chi connectivity index (χ1) is 9.31. The zero-order valence-corrected chi connectivity index (χ0v) is 10.7. The molecule has 0 heterocycles. The number of hydrogen-bond donors (Lipinski definition) is 4. The third-order valence-corrected chi connectivity index (χ3v) is 3.96. The first kappa shape index (κ1) is 16.3. The molecular formula is C12H16O8. The molecule has 1 aliphatic carbocycles. The third kappa shape index (κ3) is 1.92. The minimum atomic E-state index is -2.54. The van der Waals surface area contributed by atoms with E-state index in [1.54, 1.807) is 0 Å². The van der Waals surface area contributed by atoms with Gasteiger partial charge in [-0.15, -0.1) is 0 Å². The molecule has 0 bridgehead atoms. The molecule has 1 aliphatic rings. The fraction of sp³-hybridized carbons (Fsp3) is 0.667. The fourth-order valence-corrected chi connectivity index (χ4v) is 2.99. The van der Waals surface area contributed by atoms with Crippen molar-refractivity contribution in [1.82, 2.24) is 0 Å². The number of carboxylic acids is 2. The zero-order valence-electron chi connectivity index (χ0n) is 10.7. The molecule has 4 N–H and O–H groups in total. The molecule has 1 fully saturated rings. The summed E-state index contributed by atoms with van der Waals surface area (Å²) < 4.78 is 0. The van der Waals surface area contributed by atoms with Crippen LogP contribution in [0.25, 0.3) is 0 Å². The Hall–Kier alpha value is -1.80. The molecule has 0 aromatic carbocycles. The van der Waals surface area contributed by atoms with Crippen molar-refractivity contribution >= 4 is 23.5 Å². The van der Waals surface area contributed by atoms with E-state index in [1.165, 1.54) is 0 Å². The van der Waals surface area contributed by atoms with E-state index in [4.69, 9.17) is 10.2 Å². The van der Waals surface area contributed by atoms with Crippen LogP contribution < -0.4 is 0 Å². The number of carbonyl (C=O) groups is 4. The van der Waals surface area contributed by atoms with E-state index in [0.717, 1.165) is 0 Å². The first-order valence-electron chi connectivity index (χ1n) is 6.06. The van der Waals surface area contributed by atoms with E-state index in [-0.39, 0.29) is 12.8 Å². The molecule has 1 saturated carbocycles. The van der Waals surface area contributed by atoms with Gasteiger partial charge in [-0.25, -0.2) is 0 Å². The maximum atomic E-state index is 12.1. The molecule has 2 atom stereocenters. The van der Waals surface area contributed by atoms with Crippen LogP contribution in [0, 0.1) is 10.8 Å². The van der Waals surface area contributed by atoms with Crippen LogP contribution in [0.1, 0.15) is 25.7 Å². The number of aliphatic hydroxyl groups excluding tert-OH is 2. The SMILES string of the molecule is O=C(O)C1(CCO)C(=O)CCC(=O)C1(CCO)C(=O)O. The quantitative estimate of drug-likeness (QED) is 0.446. The molecule has 0 spiro atoms. The maximum absolute atomic E-state index is 12.1. The highest BCUT2D eigenvalue weighted by atomic mass is 16.4. The Kier molecular flexibility index (Phi) is 4.61. The predicted molar refractivity (Wildman–Crippen MR) is 62.8 cm³/mol. The van der Waals surface area contributed by atoms with Gasteiger partial charge in [0.15, 0.2) is 22.4 Å². The standard InChI is InChI=1S/C12H16O8/c13-5-3-11(9(17)18)7(15)1-2-8(16)12(11,4-6-14)10(19)20/h13-14H,1-6H2,(H,17,18)(H,19,20). The normalized spacial score (nSPS) is 30.3. The van der Waals surface area contributed by atoms with Crippen LogP contribution in [0.3, 0.4) is 0 Å². The second kappa shape index (κ2) is 5.68. The number of aliphatic hydroxyl groups is 2. The van der Waals surface area contributed by atoms with Gasteiger partial charge in [0.1, 0.15) is 0 Å². The average Bonchev–Trinajstić information content (AvgIpc) is 2.37. The summed E-state index contributed by atoms with van der Waals surface area (Å²) >= 11 is 0. The van der Waals surface area contributed by atoms with Crippen LogP contribution in [0.2, 0.25) is 0 Å². The van der Waals surface area contributed by atoms with Crippen molar-refractivity contribution in [2.75, 3.05) is 13.2 Å². The lowest BCUT2D eigenvalue weighted by Gasteiger charge is -2.45. The van der Waals surface area contributed by atoms with Crippen molar-refractivity contribution < 1.29 is 39.6 Å². The van der Waals surface area contributed by atoms with Crippen LogP contribution in [-0.4, -0.2) is 57.1 Å². The number of ketones is 2. The summed E-state index contributed by atoms with van der Waals surface area (Å²) in [5, 5.41) is 36.9. The Bertz CT molecular complexity index is 414. The van der Waals surface area contributed by atoms with Crippen LogP contribution in [0.5, 0.6) is 0 Å². The van der Waals surface area contributed by atoms with Gasteiger partial charge in [0, 0.05) is 26.1 Å². The second-order valence-corrected chi connectivity index (χ2v) is 4.71. The lowest BCUT2D eigenvalue weighted by molar-refractivity contribution is -0.188. The van der Waals surface area contributed by atoms with E-state index in [0.29, 0.717) is 0 Å². The fourth-order valence-electron chi connectivity index (χ4n) is 2.99. The number of carbonyl (C=O) groups excluding carboxylic acids is 2. The van der Waals surface area contributed by atoms with Crippen molar-refractivity contribution in [3.05, 3.63) is 0 Å². The monoisotopic (exact) mass is 288 g/mol. The van der Waals surface area contributed by atoms with Crippen molar-refractivity contribution in [2.24, 2.45) is 10.8 Å². The van der Waals surface area contributed by atoms with Crippen molar-refractivity contribution in [3.63, 3.8) is 0 Å². The van der Waals surface area contributed by atoms with E-state index in [2.05, 4.69) is 0 Å². The molecule has 0 aromatic heterocycles. The lowest BCUT2D eigenvalue weighted by atomic mass is 9.52. The van der Waals surface area contributed by atoms with Crippen LogP contribution in [0.4, 0.5) is 0 Å². The van der Waals surface area contributed by atoms with Crippen LogP contribution in [-0.2, 0) is 19.2 Å². The highest BCUT2D eigenvalue weighted by Gasteiger charge is 2.70. The summed E-state index contributed by atoms with van der Waals surface area (Å²) in [6.45, 7) is -1.52. The number of hydrogen-bond acceptors (Lipinski definition) is 6. The van der Waals surface area contributed by atoms with Crippen LogP contribution in [0.15, 0.2) is 0 Å². The van der Waals surface area contributed by atoms with E-state index < -0.39 is 60.4 Å². The first-order valence-corrected chi connectivity index (χ1v) is 6.06. The Labute approximate surface area is 114 Å². The molecular weight excluding hydrogens is 272 g/mol. The Morgan fingerprint density at radius 1 is 0.850 bits per heavy atom. The molecule has 0 amide bonds. The maximum Gasteiger partial charge on any atom is 0.318 e. The van der Waals surface area contributed by atoms with Crippen molar-refractivity contribution in [2.45, 2.75) is 25.7 Å². The van der Waals surface area contributed by atoms with Gasteiger partial charge in [-0.3, -0.25) is 19.2 Å². The molecule has 2 unspecified atom stereocenters.